The lowest BCUT2D eigenvalue weighted by Gasteiger charge is -1.99. The summed E-state index contributed by atoms with van der Waals surface area (Å²) in [6, 6.07) is 4.78. The Bertz CT molecular complexity index is 525. The van der Waals surface area contributed by atoms with Crippen LogP contribution < -0.4 is 11.3 Å². The number of H-pyrrole nitrogens is 1. The van der Waals surface area contributed by atoms with Crippen molar-refractivity contribution in [2.75, 3.05) is 5.73 Å². The number of nitrogens with two attached hydrogens (primary N) is 1. The van der Waals surface area contributed by atoms with Gasteiger partial charge in [0.05, 0.1) is 0 Å². The molecule has 0 atom stereocenters. The van der Waals surface area contributed by atoms with Crippen LogP contribution in [-0.4, -0.2) is 15.0 Å². The molecule has 76 valence electrons. The highest BCUT2D eigenvalue weighted by Gasteiger charge is 2.00. The molecule has 0 amide bonds. The number of aromatic nitrogens is 3. The van der Waals surface area contributed by atoms with Gasteiger partial charge in [-0.2, -0.15) is 0 Å². The van der Waals surface area contributed by atoms with Gasteiger partial charge in [0, 0.05) is 24.1 Å². The molecular formula is C9H8N4OS. The van der Waals surface area contributed by atoms with Crippen molar-refractivity contribution in [1.82, 2.24) is 15.0 Å². The van der Waals surface area contributed by atoms with E-state index >= 15 is 0 Å². The number of rotatable bonds is 2. The van der Waals surface area contributed by atoms with Gasteiger partial charge in [0.15, 0.2) is 5.16 Å². The second-order valence-electron chi connectivity index (χ2n) is 2.77. The van der Waals surface area contributed by atoms with Crippen LogP contribution in [0.4, 0.5) is 5.69 Å². The predicted octanol–water partition coefficient (Wildman–Crippen LogP) is 0.898. The normalized spacial score (nSPS) is 10.1. The fourth-order valence-corrected chi connectivity index (χ4v) is 1.76. The molecule has 2 heterocycles. The Morgan fingerprint density at radius 1 is 1.27 bits per heavy atom. The van der Waals surface area contributed by atoms with E-state index in [-0.39, 0.29) is 5.56 Å². The molecule has 2 rings (SSSR count). The average Bonchev–Trinajstić information content (AvgIpc) is 2.17. The highest BCUT2D eigenvalue weighted by atomic mass is 32.2. The largest absolute Gasteiger partial charge is 0.399 e. The number of hydrogen-bond acceptors (Lipinski definition) is 5. The van der Waals surface area contributed by atoms with Gasteiger partial charge in [0.1, 0.15) is 5.03 Å². The topological polar surface area (TPSA) is 84.7 Å². The van der Waals surface area contributed by atoms with Crippen LogP contribution in [0.1, 0.15) is 0 Å². The Labute approximate surface area is 89.8 Å². The highest BCUT2D eigenvalue weighted by molar-refractivity contribution is 7.99. The average molecular weight is 220 g/mol. The number of aromatic amines is 1. The molecule has 0 radical (unpaired) electrons. The van der Waals surface area contributed by atoms with Crippen molar-refractivity contribution >= 4 is 17.4 Å². The minimum atomic E-state index is -0.184. The van der Waals surface area contributed by atoms with Gasteiger partial charge in [-0.3, -0.25) is 4.79 Å². The molecular weight excluding hydrogens is 212 g/mol. The Morgan fingerprint density at radius 3 is 2.80 bits per heavy atom. The number of nitrogens with one attached hydrogen (secondary N) is 1. The van der Waals surface area contributed by atoms with Crippen LogP contribution >= 0.6 is 11.8 Å². The molecule has 3 N–H and O–H groups in total. The Hall–Kier alpha value is -1.82. The van der Waals surface area contributed by atoms with E-state index in [4.69, 9.17) is 5.73 Å². The standard InChI is InChI=1S/C9H8N4OS/c10-6-1-3-11-8(5-6)15-9-12-4-2-7(14)13-9/h1-5H,(H2,10,11)(H,12,13,14). The van der Waals surface area contributed by atoms with Crippen molar-refractivity contribution < 1.29 is 0 Å². The third-order valence-electron chi connectivity index (χ3n) is 1.61. The number of nitrogens with zero attached hydrogens (tertiary/aromatic N) is 2. The van der Waals surface area contributed by atoms with Gasteiger partial charge < -0.3 is 10.7 Å². The first kappa shape index (κ1) is 9.72. The van der Waals surface area contributed by atoms with Gasteiger partial charge in [-0.15, -0.1) is 0 Å². The summed E-state index contributed by atoms with van der Waals surface area (Å²) >= 11 is 1.26. The maximum absolute atomic E-state index is 11.0. The second-order valence-corrected chi connectivity index (χ2v) is 3.78. The summed E-state index contributed by atoms with van der Waals surface area (Å²) in [5, 5.41) is 1.20. The molecule has 0 spiro atoms. The molecule has 0 fully saturated rings. The first-order valence-corrected chi connectivity index (χ1v) is 5.00. The summed E-state index contributed by atoms with van der Waals surface area (Å²) in [5.41, 5.74) is 6.04. The maximum Gasteiger partial charge on any atom is 0.251 e. The zero-order valence-electron chi connectivity index (χ0n) is 7.68. The zero-order chi connectivity index (χ0) is 10.7. The Kier molecular flexibility index (Phi) is 2.68. The van der Waals surface area contributed by atoms with Crippen LogP contribution in [0.2, 0.25) is 0 Å². The van der Waals surface area contributed by atoms with Crippen LogP contribution in [0, 0.1) is 0 Å². The molecule has 0 aliphatic rings. The van der Waals surface area contributed by atoms with E-state index in [0.717, 1.165) is 0 Å². The summed E-state index contributed by atoms with van der Waals surface area (Å²) in [7, 11) is 0. The summed E-state index contributed by atoms with van der Waals surface area (Å²) in [6.07, 6.45) is 3.06. The van der Waals surface area contributed by atoms with Crippen LogP contribution in [-0.2, 0) is 0 Å². The number of hydrogen-bond donors (Lipinski definition) is 2. The van der Waals surface area contributed by atoms with Crippen molar-refractivity contribution in [3.05, 3.63) is 40.9 Å². The minimum Gasteiger partial charge on any atom is -0.399 e. The molecule has 0 aromatic carbocycles. The van der Waals surface area contributed by atoms with E-state index < -0.39 is 0 Å². The highest BCUT2D eigenvalue weighted by Crippen LogP contribution is 2.22. The zero-order valence-corrected chi connectivity index (χ0v) is 8.49. The van der Waals surface area contributed by atoms with E-state index in [0.29, 0.717) is 15.9 Å². The maximum atomic E-state index is 11.0. The fraction of sp³-hybridized carbons (Fsp3) is 0. The number of pyridine rings is 1. The van der Waals surface area contributed by atoms with Crippen molar-refractivity contribution in [2.45, 2.75) is 10.2 Å². The lowest BCUT2D eigenvalue weighted by Crippen LogP contribution is -2.05. The van der Waals surface area contributed by atoms with E-state index in [1.807, 2.05) is 0 Å². The van der Waals surface area contributed by atoms with E-state index in [9.17, 15) is 4.79 Å². The van der Waals surface area contributed by atoms with Gasteiger partial charge in [-0.1, -0.05) is 0 Å². The van der Waals surface area contributed by atoms with Gasteiger partial charge in [0.2, 0.25) is 0 Å². The molecule has 2 aromatic heterocycles. The molecule has 0 bridgehead atoms. The predicted molar refractivity (Wildman–Crippen MR) is 57.6 cm³/mol. The first-order chi connectivity index (χ1) is 7.24. The minimum absolute atomic E-state index is 0.184. The van der Waals surface area contributed by atoms with Crippen LogP contribution in [0.3, 0.4) is 0 Å². The third kappa shape index (κ3) is 2.57. The molecule has 0 aliphatic heterocycles. The van der Waals surface area contributed by atoms with Crippen molar-refractivity contribution in [2.24, 2.45) is 0 Å². The van der Waals surface area contributed by atoms with Crippen LogP contribution in [0.5, 0.6) is 0 Å². The lowest BCUT2D eigenvalue weighted by atomic mass is 10.4. The monoisotopic (exact) mass is 220 g/mol. The van der Waals surface area contributed by atoms with Crippen molar-refractivity contribution in [3.63, 3.8) is 0 Å². The van der Waals surface area contributed by atoms with E-state index in [1.165, 1.54) is 24.0 Å². The molecule has 15 heavy (non-hydrogen) atoms. The molecule has 0 aliphatic carbocycles. The van der Waals surface area contributed by atoms with Crippen LogP contribution in [0.25, 0.3) is 0 Å². The second kappa shape index (κ2) is 4.14. The van der Waals surface area contributed by atoms with Gasteiger partial charge in [0.25, 0.3) is 5.56 Å². The SMILES string of the molecule is Nc1ccnc(Sc2nccc(=O)[nH]2)c1. The molecule has 0 saturated heterocycles. The summed E-state index contributed by atoms with van der Waals surface area (Å²) in [4.78, 5) is 21.7. The quantitative estimate of drug-likeness (QED) is 0.734. The Balaban J connectivity index is 2.26. The summed E-state index contributed by atoms with van der Waals surface area (Å²) < 4.78 is 0. The lowest BCUT2D eigenvalue weighted by molar-refractivity contribution is 0.932. The molecule has 2 aromatic rings. The smallest absolute Gasteiger partial charge is 0.251 e. The number of anilines is 1. The fourth-order valence-electron chi connectivity index (χ4n) is 0.983. The van der Waals surface area contributed by atoms with Crippen LogP contribution in [0.15, 0.2) is 45.6 Å². The summed E-state index contributed by atoms with van der Waals surface area (Å²) in [6.45, 7) is 0. The van der Waals surface area contributed by atoms with Gasteiger partial charge in [-0.25, -0.2) is 9.97 Å². The van der Waals surface area contributed by atoms with Crippen molar-refractivity contribution in [3.8, 4) is 0 Å². The molecule has 6 heteroatoms. The van der Waals surface area contributed by atoms with E-state index in [1.54, 1.807) is 18.3 Å². The molecule has 5 nitrogen and oxygen atoms in total. The molecule has 0 unspecified atom stereocenters. The first-order valence-electron chi connectivity index (χ1n) is 4.19. The van der Waals surface area contributed by atoms with Gasteiger partial charge >= 0.3 is 0 Å². The third-order valence-corrected chi connectivity index (χ3v) is 2.44. The van der Waals surface area contributed by atoms with Gasteiger partial charge in [-0.05, 0) is 23.9 Å². The Morgan fingerprint density at radius 2 is 2.07 bits per heavy atom. The molecule has 0 saturated carbocycles. The van der Waals surface area contributed by atoms with Crippen molar-refractivity contribution in [1.29, 1.82) is 0 Å². The summed E-state index contributed by atoms with van der Waals surface area (Å²) in [5.74, 6) is 0. The number of nitrogen functional groups attached to an aromatic ring is 1. The van der Waals surface area contributed by atoms with E-state index in [2.05, 4.69) is 15.0 Å².